The monoisotopic (exact) mass is 1020 g/mol. The molecule has 0 atom stereocenters. The number of ether oxygens (including phenoxy) is 1. The molecule has 3 saturated heterocycles. The van der Waals surface area contributed by atoms with E-state index >= 15 is 0 Å². The first-order valence-electron chi connectivity index (χ1n) is 25.6. The number of piperazine rings is 2. The molecule has 10 rings (SSSR count). The number of hydrogen-bond donors (Lipinski definition) is 3. The molecule has 0 aliphatic carbocycles. The average Bonchev–Trinajstić information content (AvgIpc) is 3.86. The minimum absolute atomic E-state index is 0.0234. The van der Waals surface area contributed by atoms with Crippen LogP contribution in [-0.4, -0.2) is 157 Å². The lowest BCUT2D eigenvalue weighted by atomic mass is 9.94. The number of likely N-dealkylation sites (tertiary alicyclic amines) is 1. The number of halogens is 1. The smallest absolute Gasteiger partial charge is 0.318 e. The maximum absolute atomic E-state index is 13.8. The second-order valence-corrected chi connectivity index (χ2v) is 20.3. The van der Waals surface area contributed by atoms with Crippen molar-refractivity contribution in [2.75, 3.05) is 94.9 Å². The summed E-state index contributed by atoms with van der Waals surface area (Å²) in [6.07, 6.45) is 3.69. The lowest BCUT2D eigenvalue weighted by molar-refractivity contribution is -0.139. The number of anilines is 2. The van der Waals surface area contributed by atoms with Crippen molar-refractivity contribution in [3.05, 3.63) is 119 Å². The Bertz CT molecular complexity index is 3060. The van der Waals surface area contributed by atoms with Crippen LogP contribution >= 0.6 is 11.6 Å². The number of primary amides is 1. The Hall–Kier alpha value is -7.28. The van der Waals surface area contributed by atoms with Crippen LogP contribution in [0.2, 0.25) is 5.02 Å². The van der Waals surface area contributed by atoms with E-state index in [-0.39, 0.29) is 46.8 Å². The maximum Gasteiger partial charge on any atom is 0.318 e. The van der Waals surface area contributed by atoms with Gasteiger partial charge in [-0.1, -0.05) is 68.4 Å². The summed E-state index contributed by atoms with van der Waals surface area (Å²) in [6.45, 7) is 17.5. The molecule has 2 aromatic heterocycles. The molecule has 4 N–H and O–H groups in total. The Kier molecular flexibility index (Phi) is 14.7. The lowest BCUT2D eigenvalue weighted by Crippen LogP contribution is -2.52. The van der Waals surface area contributed by atoms with E-state index in [1.54, 1.807) is 6.07 Å². The van der Waals surface area contributed by atoms with Crippen LogP contribution in [0.15, 0.2) is 85.5 Å². The number of carbonyl (C=O) groups is 3. The van der Waals surface area contributed by atoms with Gasteiger partial charge in [0.1, 0.15) is 23.9 Å². The van der Waals surface area contributed by atoms with Gasteiger partial charge in [-0.25, -0.2) is 0 Å². The second kappa shape index (κ2) is 21.7. The van der Waals surface area contributed by atoms with Crippen LogP contribution in [-0.2, 0) is 29.1 Å². The largest absolute Gasteiger partial charge is 0.508 e. The molecule has 3 fully saturated rings. The number of fused-ring (bicyclic) bond motifs is 2. The van der Waals surface area contributed by atoms with Crippen molar-refractivity contribution >= 4 is 51.6 Å². The molecule has 4 aromatic carbocycles. The molecule has 4 aliphatic rings. The van der Waals surface area contributed by atoms with Crippen molar-refractivity contribution in [1.29, 1.82) is 0 Å². The van der Waals surface area contributed by atoms with Crippen molar-refractivity contribution in [1.82, 2.24) is 44.3 Å². The normalized spacial score (nSPS) is 17.0. The van der Waals surface area contributed by atoms with Gasteiger partial charge in [0.2, 0.25) is 17.6 Å². The van der Waals surface area contributed by atoms with Gasteiger partial charge in [0, 0.05) is 106 Å². The quantitative estimate of drug-likeness (QED) is 0.107. The van der Waals surface area contributed by atoms with Crippen molar-refractivity contribution in [3.63, 3.8) is 0 Å². The predicted octanol–water partition coefficient (Wildman–Crippen LogP) is 6.00. The van der Waals surface area contributed by atoms with Crippen molar-refractivity contribution in [2.24, 2.45) is 11.7 Å². The molecule has 0 saturated carbocycles. The molecule has 4 aliphatic heterocycles. The minimum atomic E-state index is -0.768. The fourth-order valence-electron chi connectivity index (χ4n) is 10.9. The highest BCUT2D eigenvalue weighted by atomic mass is 35.5. The van der Waals surface area contributed by atoms with E-state index in [2.05, 4.69) is 60.6 Å². The number of piperidine rings is 1. The van der Waals surface area contributed by atoms with Gasteiger partial charge in [-0.15, -0.1) is 10.2 Å². The molecule has 0 radical (unpaired) electrons. The third kappa shape index (κ3) is 10.4. The van der Waals surface area contributed by atoms with E-state index in [1.165, 1.54) is 16.7 Å². The Morgan fingerprint density at radius 2 is 1.54 bits per heavy atom. The number of aromatic nitrogens is 5. The predicted molar refractivity (Wildman–Crippen MR) is 284 cm³/mol. The zero-order valence-corrected chi connectivity index (χ0v) is 42.8. The summed E-state index contributed by atoms with van der Waals surface area (Å²) in [4.78, 5) is 61.9. The van der Waals surface area contributed by atoms with E-state index in [1.807, 2.05) is 60.0 Å². The molecule has 74 heavy (non-hydrogen) atoms. The highest BCUT2D eigenvalue weighted by molar-refractivity contribution is 6.36. The van der Waals surface area contributed by atoms with Crippen molar-refractivity contribution < 1.29 is 29.3 Å². The number of nitrogens with two attached hydrogens (primary N) is 1. The molecule has 0 bridgehead atoms. The first kappa shape index (κ1) is 50.3. The fourth-order valence-corrected chi connectivity index (χ4v) is 11.2. The number of hydrogen-bond acceptors (Lipinski definition) is 14. The summed E-state index contributed by atoms with van der Waals surface area (Å²) in [5.74, 6) is 0.124. The topological polar surface area (TPSA) is 203 Å². The average molecular weight is 1020 g/mol. The molecular weight excluding hydrogens is 960 g/mol. The fraction of sp³-hybridized carbons (Fsp3) is 0.400. The van der Waals surface area contributed by atoms with Crippen LogP contribution in [0.4, 0.5) is 11.5 Å². The van der Waals surface area contributed by atoms with Gasteiger partial charge < -0.3 is 40.3 Å². The molecule has 6 aromatic rings. The number of rotatable bonds is 14. The minimum Gasteiger partial charge on any atom is -0.508 e. The van der Waals surface area contributed by atoms with Gasteiger partial charge in [-0.2, -0.15) is 9.97 Å². The summed E-state index contributed by atoms with van der Waals surface area (Å²) < 4.78 is 7.90. The van der Waals surface area contributed by atoms with Gasteiger partial charge in [-0.3, -0.25) is 28.8 Å². The summed E-state index contributed by atoms with van der Waals surface area (Å²) in [5, 5.41) is 32.4. The SMILES string of the molecule is C=CC(=O)N1CCN(c2nc(OCCN3CCN(C(=O)C4CCN(Cc5ccc(-n6c(C(N)=O)nnc6-c6cc(C(C)C)c(O)cc6O)cc5)CC4)CC3)nc3c2CCN(c2cccc4cccc(Cl)c24)C3)CC1. The number of aromatic hydroxyl groups is 2. The van der Waals surface area contributed by atoms with Crippen LogP contribution in [0.3, 0.4) is 0 Å². The van der Waals surface area contributed by atoms with Crippen LogP contribution in [0, 0.1) is 5.92 Å². The van der Waals surface area contributed by atoms with E-state index < -0.39 is 5.91 Å². The van der Waals surface area contributed by atoms with E-state index in [4.69, 9.17) is 32.0 Å². The lowest BCUT2D eigenvalue weighted by Gasteiger charge is -2.38. The molecular formula is C55H63ClN12O6. The molecule has 6 heterocycles. The highest BCUT2D eigenvalue weighted by Crippen LogP contribution is 2.40. The number of benzene rings is 4. The van der Waals surface area contributed by atoms with E-state index in [9.17, 15) is 24.6 Å². The van der Waals surface area contributed by atoms with E-state index in [0.717, 1.165) is 91.1 Å². The maximum atomic E-state index is 13.8. The van der Waals surface area contributed by atoms with Crippen LogP contribution in [0.5, 0.6) is 17.5 Å². The number of carbonyl (C=O) groups excluding carboxylic acids is 3. The Labute approximate surface area is 435 Å². The van der Waals surface area contributed by atoms with Crippen molar-refractivity contribution in [3.8, 4) is 34.6 Å². The van der Waals surface area contributed by atoms with E-state index in [0.29, 0.717) is 93.4 Å². The molecule has 0 spiro atoms. The molecule has 386 valence electrons. The standard InChI is InChI=1S/C55H63ClN12O6/c1-4-48(71)64-25-27-65(28-26-64)51-40-17-20-67(45-10-6-8-37-7-5-9-43(56)49(37)45)34-44(40)58-55(59-51)74-30-29-62-21-23-66(24-22-62)54(73)38-15-18-63(19-16-38)33-36-11-13-39(14-12-36)68-52(60-61-53(68)50(57)72)42-31-41(35(2)3)46(69)32-47(42)70/h4-14,31-32,35,38,69-70H,1,15-30,33-34H2,2-3H3,(H2,57,72). The molecule has 18 nitrogen and oxygen atoms in total. The first-order valence-corrected chi connectivity index (χ1v) is 26.0. The van der Waals surface area contributed by atoms with Crippen LogP contribution in [0.25, 0.3) is 27.8 Å². The zero-order valence-electron chi connectivity index (χ0n) is 42.0. The van der Waals surface area contributed by atoms with Gasteiger partial charge >= 0.3 is 6.01 Å². The number of nitrogens with zero attached hydrogens (tertiary/aromatic N) is 11. The summed E-state index contributed by atoms with van der Waals surface area (Å²) in [5.41, 5.74) is 11.4. The number of amides is 3. The molecule has 19 heteroatoms. The summed E-state index contributed by atoms with van der Waals surface area (Å²) in [6, 6.07) is 23.2. The Balaban J connectivity index is 0.723. The van der Waals surface area contributed by atoms with Crippen LogP contribution in [0.1, 0.15) is 65.6 Å². The number of phenolic OH excluding ortho intramolecular Hbond substituents is 2. The number of phenols is 2. The van der Waals surface area contributed by atoms with Gasteiger partial charge in [-0.05, 0) is 91.2 Å². The molecule has 3 amide bonds. The second-order valence-electron chi connectivity index (χ2n) is 19.9. The zero-order chi connectivity index (χ0) is 51.6. The summed E-state index contributed by atoms with van der Waals surface area (Å²) >= 11 is 6.78. The summed E-state index contributed by atoms with van der Waals surface area (Å²) in [7, 11) is 0. The van der Waals surface area contributed by atoms with Gasteiger partial charge in [0.05, 0.1) is 22.8 Å². The van der Waals surface area contributed by atoms with Crippen LogP contribution < -0.4 is 20.3 Å². The Morgan fingerprint density at radius 1 is 0.824 bits per heavy atom. The van der Waals surface area contributed by atoms with Gasteiger partial charge in [0.15, 0.2) is 5.82 Å². The molecule has 0 unspecified atom stereocenters. The van der Waals surface area contributed by atoms with Crippen molar-refractivity contribution in [2.45, 2.75) is 52.1 Å². The third-order valence-corrected chi connectivity index (χ3v) is 15.3. The van der Waals surface area contributed by atoms with Gasteiger partial charge in [0.25, 0.3) is 5.91 Å². The first-order chi connectivity index (χ1) is 35.8. The Morgan fingerprint density at radius 3 is 2.24 bits per heavy atom. The third-order valence-electron chi connectivity index (χ3n) is 15.0. The highest BCUT2D eigenvalue weighted by Gasteiger charge is 2.33.